The van der Waals surface area contributed by atoms with Gasteiger partial charge in [-0.3, -0.25) is 4.79 Å². The lowest BCUT2D eigenvalue weighted by Crippen LogP contribution is -2.36. The molecular formula is C28H24N6O4. The fraction of sp³-hybridized carbons (Fsp3) is 0.143. The fourth-order valence-electron chi connectivity index (χ4n) is 4.34. The summed E-state index contributed by atoms with van der Waals surface area (Å²) in [5.41, 5.74) is 9.96. The van der Waals surface area contributed by atoms with Crippen molar-refractivity contribution < 1.29 is 19.1 Å². The second kappa shape index (κ2) is 9.83. The van der Waals surface area contributed by atoms with Crippen LogP contribution in [-0.2, 0) is 4.74 Å². The zero-order valence-electron chi connectivity index (χ0n) is 20.3. The molecular weight excluding hydrogens is 484 g/mol. The largest absolute Gasteiger partial charge is 0.507 e. The van der Waals surface area contributed by atoms with E-state index in [-0.39, 0.29) is 11.4 Å². The molecule has 4 heterocycles. The molecule has 0 bridgehead atoms. The highest BCUT2D eigenvalue weighted by Gasteiger charge is 2.21. The zero-order chi connectivity index (χ0) is 26.1. The van der Waals surface area contributed by atoms with Gasteiger partial charge in [0, 0.05) is 42.0 Å². The first-order valence-electron chi connectivity index (χ1n) is 12.1. The zero-order valence-corrected chi connectivity index (χ0v) is 20.3. The molecule has 3 aromatic heterocycles. The Balaban J connectivity index is 1.38. The Kier molecular flexibility index (Phi) is 6.06. The molecule has 0 saturated carbocycles. The summed E-state index contributed by atoms with van der Waals surface area (Å²) in [5, 5.41) is 13.5. The number of amides is 1. The predicted molar refractivity (Wildman–Crippen MR) is 144 cm³/mol. The van der Waals surface area contributed by atoms with E-state index in [1.807, 2.05) is 11.0 Å². The number of nitrogens with zero attached hydrogens (tertiary/aromatic N) is 4. The van der Waals surface area contributed by atoms with Gasteiger partial charge in [-0.05, 0) is 36.4 Å². The van der Waals surface area contributed by atoms with E-state index in [4.69, 9.17) is 14.9 Å². The van der Waals surface area contributed by atoms with Gasteiger partial charge in [-0.1, -0.05) is 24.3 Å². The normalized spacial score (nSPS) is 13.5. The summed E-state index contributed by atoms with van der Waals surface area (Å²) < 4.78 is 11.5. The van der Waals surface area contributed by atoms with E-state index in [2.05, 4.69) is 20.3 Å². The number of phenols is 1. The van der Waals surface area contributed by atoms with Gasteiger partial charge in [-0.15, -0.1) is 0 Å². The first-order chi connectivity index (χ1) is 18.5. The number of rotatable bonds is 5. The Morgan fingerprint density at radius 1 is 0.974 bits per heavy atom. The fourth-order valence-corrected chi connectivity index (χ4v) is 4.34. The molecule has 0 spiro atoms. The van der Waals surface area contributed by atoms with Gasteiger partial charge < -0.3 is 30.2 Å². The standard InChI is InChI=1S/C28H24N6O4/c29-26-9-8-17(16-30-26)20-5-3-6-21(31-20)27(36)32-22-15-25-23(14-19(22)18-4-1-2-7-24(18)35)33-28(38-25)34-10-12-37-13-11-34/h1-9,14-16,35H,10-13H2,(H2,29,30)(H,32,36). The topological polar surface area (TPSA) is 140 Å². The summed E-state index contributed by atoms with van der Waals surface area (Å²) in [6, 6.07) is 19.6. The minimum atomic E-state index is -0.417. The number of oxazole rings is 1. The van der Waals surface area contributed by atoms with Gasteiger partial charge in [-0.2, -0.15) is 4.98 Å². The van der Waals surface area contributed by atoms with Gasteiger partial charge in [0.25, 0.3) is 11.9 Å². The molecule has 10 nitrogen and oxygen atoms in total. The number of aromatic hydroxyl groups is 1. The minimum Gasteiger partial charge on any atom is -0.507 e. The van der Waals surface area contributed by atoms with E-state index >= 15 is 0 Å². The lowest BCUT2D eigenvalue weighted by Gasteiger charge is -2.24. The molecule has 2 aromatic carbocycles. The van der Waals surface area contributed by atoms with Crippen LogP contribution >= 0.6 is 0 Å². The van der Waals surface area contributed by atoms with E-state index in [9.17, 15) is 9.90 Å². The molecule has 0 radical (unpaired) electrons. The summed E-state index contributed by atoms with van der Waals surface area (Å²) in [7, 11) is 0. The van der Waals surface area contributed by atoms with Gasteiger partial charge in [0.05, 0.1) is 24.6 Å². The number of ether oxygens (including phenoxy) is 1. The van der Waals surface area contributed by atoms with Crippen LogP contribution in [0.15, 0.2) is 77.3 Å². The molecule has 1 amide bonds. The van der Waals surface area contributed by atoms with Crippen molar-refractivity contribution in [2.24, 2.45) is 0 Å². The van der Waals surface area contributed by atoms with Gasteiger partial charge in [0.15, 0.2) is 5.58 Å². The van der Waals surface area contributed by atoms with Crippen LogP contribution in [0.2, 0.25) is 0 Å². The highest BCUT2D eigenvalue weighted by atomic mass is 16.5. The van der Waals surface area contributed by atoms with Crippen molar-refractivity contribution in [3.8, 4) is 28.1 Å². The molecule has 1 aliphatic rings. The van der Waals surface area contributed by atoms with Crippen LogP contribution in [0, 0.1) is 0 Å². The lowest BCUT2D eigenvalue weighted by atomic mass is 10.0. The Labute approximate surface area is 217 Å². The number of fused-ring (bicyclic) bond motifs is 1. The summed E-state index contributed by atoms with van der Waals surface area (Å²) in [5.74, 6) is 0.0633. The van der Waals surface area contributed by atoms with E-state index in [1.54, 1.807) is 66.9 Å². The lowest BCUT2D eigenvalue weighted by molar-refractivity contribution is 0.102. The van der Waals surface area contributed by atoms with Crippen LogP contribution in [0.3, 0.4) is 0 Å². The molecule has 4 N–H and O–H groups in total. The molecule has 1 fully saturated rings. The molecule has 0 unspecified atom stereocenters. The Morgan fingerprint density at radius 2 is 1.82 bits per heavy atom. The van der Waals surface area contributed by atoms with Crippen molar-refractivity contribution in [2.75, 3.05) is 42.3 Å². The van der Waals surface area contributed by atoms with Crippen molar-refractivity contribution in [3.05, 3.63) is 78.6 Å². The smallest absolute Gasteiger partial charge is 0.298 e. The number of nitrogens with two attached hydrogens (primary N) is 1. The van der Waals surface area contributed by atoms with Gasteiger partial charge in [-0.25, -0.2) is 9.97 Å². The van der Waals surface area contributed by atoms with Crippen molar-refractivity contribution in [1.29, 1.82) is 0 Å². The average Bonchev–Trinajstić information content (AvgIpc) is 3.37. The highest BCUT2D eigenvalue weighted by Crippen LogP contribution is 2.38. The number of hydrogen-bond donors (Lipinski definition) is 3. The van der Waals surface area contributed by atoms with Crippen LogP contribution < -0.4 is 16.0 Å². The van der Waals surface area contributed by atoms with Crippen molar-refractivity contribution in [2.45, 2.75) is 0 Å². The van der Waals surface area contributed by atoms with Gasteiger partial charge in [0.2, 0.25) is 0 Å². The summed E-state index contributed by atoms with van der Waals surface area (Å²) in [6.45, 7) is 2.55. The van der Waals surface area contributed by atoms with E-state index < -0.39 is 5.91 Å². The van der Waals surface area contributed by atoms with Gasteiger partial charge >= 0.3 is 0 Å². The third-order valence-electron chi connectivity index (χ3n) is 6.30. The van der Waals surface area contributed by atoms with Crippen LogP contribution in [0.25, 0.3) is 33.5 Å². The van der Waals surface area contributed by atoms with Crippen LogP contribution in [0.1, 0.15) is 10.5 Å². The molecule has 10 heteroatoms. The maximum Gasteiger partial charge on any atom is 0.298 e. The first-order valence-corrected chi connectivity index (χ1v) is 12.1. The number of para-hydroxylation sites is 1. The number of anilines is 3. The van der Waals surface area contributed by atoms with Crippen LogP contribution in [0.4, 0.5) is 17.5 Å². The number of carbonyl (C=O) groups excluding carboxylic acids is 1. The number of nitrogens with one attached hydrogen (secondary N) is 1. The quantitative estimate of drug-likeness (QED) is 0.316. The second-order valence-electron chi connectivity index (χ2n) is 8.81. The van der Waals surface area contributed by atoms with E-state index in [0.29, 0.717) is 71.7 Å². The SMILES string of the molecule is Nc1ccc(-c2cccc(C(=O)Nc3cc4oc(N5CCOCC5)nc4cc3-c3ccccc3O)n2)cn1. The van der Waals surface area contributed by atoms with Crippen molar-refractivity contribution in [1.82, 2.24) is 15.0 Å². The Bertz CT molecular complexity index is 1630. The first kappa shape index (κ1) is 23.4. The maximum absolute atomic E-state index is 13.4. The molecule has 6 rings (SSSR count). The Hall–Kier alpha value is -4.96. The molecule has 0 atom stereocenters. The number of hydrogen-bond acceptors (Lipinski definition) is 9. The average molecular weight is 509 g/mol. The van der Waals surface area contributed by atoms with Crippen molar-refractivity contribution in [3.63, 3.8) is 0 Å². The molecule has 0 aliphatic carbocycles. The monoisotopic (exact) mass is 508 g/mol. The summed E-state index contributed by atoms with van der Waals surface area (Å²) >= 11 is 0. The van der Waals surface area contributed by atoms with E-state index in [0.717, 1.165) is 5.56 Å². The maximum atomic E-state index is 13.4. The molecule has 1 aliphatic heterocycles. The summed E-state index contributed by atoms with van der Waals surface area (Å²) in [6.07, 6.45) is 1.61. The molecule has 38 heavy (non-hydrogen) atoms. The van der Waals surface area contributed by atoms with Crippen molar-refractivity contribution >= 4 is 34.5 Å². The van der Waals surface area contributed by atoms with E-state index in [1.165, 1.54) is 0 Å². The predicted octanol–water partition coefficient (Wildman–Crippen LogP) is 4.33. The second-order valence-corrected chi connectivity index (χ2v) is 8.81. The number of carbonyl (C=O) groups is 1. The number of pyridine rings is 2. The number of aromatic nitrogens is 3. The highest BCUT2D eigenvalue weighted by molar-refractivity contribution is 6.07. The molecule has 5 aromatic rings. The number of nitrogen functional groups attached to an aromatic ring is 1. The third kappa shape index (κ3) is 4.60. The summed E-state index contributed by atoms with van der Waals surface area (Å²) in [4.78, 5) is 28.7. The number of morpholine rings is 1. The van der Waals surface area contributed by atoms with Crippen LogP contribution in [-0.4, -0.2) is 52.3 Å². The third-order valence-corrected chi connectivity index (χ3v) is 6.30. The Morgan fingerprint density at radius 3 is 2.61 bits per heavy atom. The minimum absolute atomic E-state index is 0.0789. The molecule has 190 valence electrons. The van der Waals surface area contributed by atoms with Crippen LogP contribution in [0.5, 0.6) is 5.75 Å². The molecule has 1 saturated heterocycles. The number of phenolic OH excluding ortho intramolecular Hbond substituents is 1. The van der Waals surface area contributed by atoms with Gasteiger partial charge in [0.1, 0.15) is 22.8 Å². The number of benzene rings is 2.